The van der Waals surface area contributed by atoms with E-state index in [2.05, 4.69) is 10.3 Å². The molecule has 1 aliphatic heterocycles. The fourth-order valence-electron chi connectivity index (χ4n) is 1.75. The van der Waals surface area contributed by atoms with Gasteiger partial charge in [-0.25, -0.2) is 4.98 Å². The molecule has 1 unspecified atom stereocenters. The van der Waals surface area contributed by atoms with E-state index in [0.29, 0.717) is 13.0 Å². The topological polar surface area (TPSA) is 51.2 Å². The molecule has 1 atom stereocenters. The third-order valence-electron chi connectivity index (χ3n) is 2.56. The highest BCUT2D eigenvalue weighted by molar-refractivity contribution is 7.09. The van der Waals surface area contributed by atoms with E-state index in [1.54, 1.807) is 11.3 Å². The molecule has 0 spiro atoms. The third kappa shape index (κ3) is 3.28. The minimum atomic E-state index is 0.0285. The second-order valence-electron chi connectivity index (χ2n) is 3.97. The van der Waals surface area contributed by atoms with Crippen LogP contribution in [-0.4, -0.2) is 30.1 Å². The zero-order chi connectivity index (χ0) is 11.4. The van der Waals surface area contributed by atoms with Gasteiger partial charge in [0.2, 0.25) is 5.91 Å². The van der Waals surface area contributed by atoms with E-state index in [1.165, 1.54) is 0 Å². The Morgan fingerprint density at radius 3 is 3.25 bits per heavy atom. The number of carbonyl (C=O) groups excluding carboxylic acids is 1. The van der Waals surface area contributed by atoms with Gasteiger partial charge in [-0.15, -0.1) is 11.3 Å². The van der Waals surface area contributed by atoms with Crippen LogP contribution in [0.1, 0.15) is 23.5 Å². The molecule has 1 N–H and O–H groups in total. The fourth-order valence-corrected chi connectivity index (χ4v) is 2.36. The fraction of sp³-hybridized carbons (Fsp3) is 0.636. The molecule has 1 fully saturated rings. The van der Waals surface area contributed by atoms with Crippen molar-refractivity contribution in [3.63, 3.8) is 0 Å². The predicted molar refractivity (Wildman–Crippen MR) is 62.5 cm³/mol. The molecule has 0 aromatic carbocycles. The Morgan fingerprint density at radius 1 is 1.75 bits per heavy atom. The van der Waals surface area contributed by atoms with Crippen molar-refractivity contribution in [3.05, 3.63) is 16.1 Å². The normalized spacial score (nSPS) is 19.9. The molecule has 0 radical (unpaired) electrons. The number of nitrogens with zero attached hydrogens (tertiary/aromatic N) is 1. The maximum atomic E-state index is 11.6. The zero-order valence-electron chi connectivity index (χ0n) is 9.36. The lowest BCUT2D eigenvalue weighted by atomic mass is 10.2. The minimum Gasteiger partial charge on any atom is -0.376 e. The molecule has 0 aliphatic carbocycles. The van der Waals surface area contributed by atoms with Crippen molar-refractivity contribution in [1.82, 2.24) is 10.3 Å². The van der Waals surface area contributed by atoms with Crippen LogP contribution < -0.4 is 5.32 Å². The van der Waals surface area contributed by atoms with Crippen LogP contribution in [0.2, 0.25) is 0 Å². The first-order chi connectivity index (χ1) is 7.74. The molecular formula is C11H16N2O2S. The van der Waals surface area contributed by atoms with Gasteiger partial charge in [-0.2, -0.15) is 0 Å². The molecule has 1 amide bonds. The summed E-state index contributed by atoms with van der Waals surface area (Å²) in [5.41, 5.74) is 0.854. The summed E-state index contributed by atoms with van der Waals surface area (Å²) in [7, 11) is 0. The highest BCUT2D eigenvalue weighted by Crippen LogP contribution is 2.11. The molecule has 2 rings (SSSR count). The summed E-state index contributed by atoms with van der Waals surface area (Å²) in [5.74, 6) is 0.0285. The van der Waals surface area contributed by atoms with Gasteiger partial charge < -0.3 is 10.1 Å². The van der Waals surface area contributed by atoms with Crippen LogP contribution in [0.25, 0.3) is 0 Å². The lowest BCUT2D eigenvalue weighted by Gasteiger charge is -2.09. The van der Waals surface area contributed by atoms with Gasteiger partial charge >= 0.3 is 0 Å². The first-order valence-corrected chi connectivity index (χ1v) is 6.41. The molecule has 1 aliphatic rings. The maximum Gasteiger partial charge on any atom is 0.226 e. The van der Waals surface area contributed by atoms with Crippen LogP contribution in [0.15, 0.2) is 5.38 Å². The molecule has 4 nitrogen and oxygen atoms in total. The van der Waals surface area contributed by atoms with Gasteiger partial charge in [-0.1, -0.05) is 0 Å². The maximum absolute atomic E-state index is 11.6. The van der Waals surface area contributed by atoms with Crippen LogP contribution in [0, 0.1) is 6.92 Å². The molecule has 1 aromatic rings. The molecule has 5 heteroatoms. The monoisotopic (exact) mass is 240 g/mol. The van der Waals surface area contributed by atoms with Crippen molar-refractivity contribution < 1.29 is 9.53 Å². The van der Waals surface area contributed by atoms with Crippen LogP contribution in [-0.2, 0) is 16.0 Å². The zero-order valence-corrected chi connectivity index (χ0v) is 10.2. The Hall–Kier alpha value is -0.940. The van der Waals surface area contributed by atoms with Crippen LogP contribution >= 0.6 is 11.3 Å². The molecule has 16 heavy (non-hydrogen) atoms. The van der Waals surface area contributed by atoms with E-state index >= 15 is 0 Å². The number of aromatic nitrogens is 1. The second kappa shape index (κ2) is 5.41. The first kappa shape index (κ1) is 11.5. The van der Waals surface area contributed by atoms with Gasteiger partial charge in [0.1, 0.15) is 0 Å². The van der Waals surface area contributed by atoms with Crippen molar-refractivity contribution >= 4 is 17.2 Å². The SMILES string of the molecule is Cc1nc(CC(=O)NCC2CCCO2)cs1. The number of nitrogens with one attached hydrogen (secondary N) is 1. The largest absolute Gasteiger partial charge is 0.376 e. The quantitative estimate of drug-likeness (QED) is 0.862. The van der Waals surface area contributed by atoms with Crippen molar-refractivity contribution in [2.24, 2.45) is 0 Å². The summed E-state index contributed by atoms with van der Waals surface area (Å²) in [4.78, 5) is 15.8. The number of amides is 1. The average molecular weight is 240 g/mol. The average Bonchev–Trinajstić information content (AvgIpc) is 2.87. The number of rotatable bonds is 4. The minimum absolute atomic E-state index is 0.0285. The Morgan fingerprint density at radius 2 is 2.62 bits per heavy atom. The van der Waals surface area contributed by atoms with Crippen molar-refractivity contribution in [3.8, 4) is 0 Å². The Bertz CT molecular complexity index is 359. The van der Waals surface area contributed by atoms with Crippen molar-refractivity contribution in [2.75, 3.05) is 13.2 Å². The van der Waals surface area contributed by atoms with Gasteiger partial charge in [0.05, 0.1) is 23.2 Å². The van der Waals surface area contributed by atoms with E-state index in [4.69, 9.17) is 4.74 Å². The molecule has 1 aromatic heterocycles. The van der Waals surface area contributed by atoms with Gasteiger partial charge in [-0.05, 0) is 19.8 Å². The second-order valence-corrected chi connectivity index (χ2v) is 5.04. The van der Waals surface area contributed by atoms with Gasteiger partial charge in [-0.3, -0.25) is 4.79 Å². The van der Waals surface area contributed by atoms with Gasteiger partial charge in [0.25, 0.3) is 0 Å². The summed E-state index contributed by atoms with van der Waals surface area (Å²) < 4.78 is 5.43. The first-order valence-electron chi connectivity index (χ1n) is 5.53. The summed E-state index contributed by atoms with van der Waals surface area (Å²) >= 11 is 1.57. The van der Waals surface area contributed by atoms with E-state index < -0.39 is 0 Å². The number of hydrogen-bond acceptors (Lipinski definition) is 4. The number of thiazole rings is 1. The predicted octanol–water partition coefficient (Wildman–Crippen LogP) is 1.29. The Labute approximate surface area is 99.0 Å². The lowest BCUT2D eigenvalue weighted by molar-refractivity contribution is -0.121. The molecule has 0 bridgehead atoms. The van der Waals surface area contributed by atoms with E-state index in [0.717, 1.165) is 30.2 Å². The van der Waals surface area contributed by atoms with Crippen LogP contribution in [0.5, 0.6) is 0 Å². The summed E-state index contributed by atoms with van der Waals surface area (Å²) in [5, 5.41) is 5.82. The summed E-state index contributed by atoms with van der Waals surface area (Å²) in [6, 6.07) is 0. The van der Waals surface area contributed by atoms with E-state index in [9.17, 15) is 4.79 Å². The number of carbonyl (C=O) groups is 1. The Kier molecular flexibility index (Phi) is 3.90. The molecule has 0 saturated carbocycles. The summed E-state index contributed by atoms with van der Waals surface area (Å²) in [6.45, 7) is 3.40. The smallest absolute Gasteiger partial charge is 0.226 e. The van der Waals surface area contributed by atoms with Gasteiger partial charge in [0.15, 0.2) is 0 Å². The number of ether oxygens (including phenoxy) is 1. The number of aryl methyl sites for hydroxylation is 1. The molecule has 1 saturated heterocycles. The molecular weight excluding hydrogens is 224 g/mol. The highest BCUT2D eigenvalue weighted by Gasteiger charge is 2.16. The van der Waals surface area contributed by atoms with E-state index in [1.807, 2.05) is 12.3 Å². The number of hydrogen-bond donors (Lipinski definition) is 1. The Balaban J connectivity index is 1.71. The molecule has 2 heterocycles. The van der Waals surface area contributed by atoms with Crippen LogP contribution in [0.4, 0.5) is 0 Å². The standard InChI is InChI=1S/C11H16N2O2S/c1-8-13-9(7-16-8)5-11(14)12-6-10-3-2-4-15-10/h7,10H,2-6H2,1H3,(H,12,14). The third-order valence-corrected chi connectivity index (χ3v) is 3.38. The van der Waals surface area contributed by atoms with E-state index in [-0.39, 0.29) is 12.0 Å². The van der Waals surface area contributed by atoms with Gasteiger partial charge in [0, 0.05) is 18.5 Å². The highest BCUT2D eigenvalue weighted by atomic mass is 32.1. The molecule has 88 valence electrons. The lowest BCUT2D eigenvalue weighted by Crippen LogP contribution is -2.32. The summed E-state index contributed by atoms with van der Waals surface area (Å²) in [6.07, 6.45) is 2.74. The van der Waals surface area contributed by atoms with Crippen molar-refractivity contribution in [1.29, 1.82) is 0 Å². The van der Waals surface area contributed by atoms with Crippen molar-refractivity contribution in [2.45, 2.75) is 32.3 Å². The van der Waals surface area contributed by atoms with Crippen LogP contribution in [0.3, 0.4) is 0 Å².